The molecule has 0 aromatic heterocycles. The van der Waals surface area contributed by atoms with Gasteiger partial charge in [0.15, 0.2) is 0 Å². The largest absolute Gasteiger partial charge is 0.0837 e. The first-order chi connectivity index (χ1) is 7.18. The first kappa shape index (κ1) is 10.3. The highest BCUT2D eigenvalue weighted by atomic mass is 35.5. The van der Waals surface area contributed by atoms with Crippen LogP contribution in [0.3, 0.4) is 0 Å². The number of aryl methyl sites for hydroxylation is 2. The van der Waals surface area contributed by atoms with E-state index in [1.807, 2.05) is 12.1 Å². The third-order valence-electron chi connectivity index (χ3n) is 2.53. The van der Waals surface area contributed by atoms with Crippen LogP contribution in [0.2, 0.25) is 5.02 Å². The summed E-state index contributed by atoms with van der Waals surface area (Å²) in [5.74, 6) is 0. The van der Waals surface area contributed by atoms with Gasteiger partial charge in [0.05, 0.1) is 0 Å². The smallest absolute Gasteiger partial charge is 0.0487 e. The average molecular weight is 217 g/mol. The number of benzene rings is 2. The molecule has 1 heteroatoms. The lowest BCUT2D eigenvalue weighted by Gasteiger charge is -2.08. The van der Waals surface area contributed by atoms with E-state index in [1.54, 1.807) is 0 Å². The summed E-state index contributed by atoms with van der Waals surface area (Å²) in [6.45, 7) is 4.18. The van der Waals surface area contributed by atoms with Crippen molar-refractivity contribution in [2.45, 2.75) is 13.8 Å². The van der Waals surface area contributed by atoms with Crippen molar-refractivity contribution < 1.29 is 0 Å². The molecule has 0 aliphatic carbocycles. The van der Waals surface area contributed by atoms with Gasteiger partial charge < -0.3 is 0 Å². The van der Waals surface area contributed by atoms with Crippen LogP contribution in [0.4, 0.5) is 0 Å². The summed E-state index contributed by atoms with van der Waals surface area (Å²) in [6.07, 6.45) is 0. The van der Waals surface area contributed by atoms with Crippen molar-refractivity contribution in [3.05, 3.63) is 58.6 Å². The Balaban J connectivity index is 2.63. The molecule has 76 valence electrons. The summed E-state index contributed by atoms with van der Waals surface area (Å²) in [5.41, 5.74) is 4.81. The number of hydrogen-bond donors (Lipinski definition) is 0. The maximum absolute atomic E-state index is 6.22. The van der Waals surface area contributed by atoms with Gasteiger partial charge in [0.2, 0.25) is 0 Å². The molecule has 0 radical (unpaired) electrons. The fourth-order valence-corrected chi connectivity index (χ4v) is 2.13. The highest BCUT2D eigenvalue weighted by Gasteiger charge is 2.05. The Morgan fingerprint density at radius 2 is 1.67 bits per heavy atom. The molecule has 0 aliphatic rings. The average Bonchev–Trinajstić information content (AvgIpc) is 2.17. The van der Waals surface area contributed by atoms with Crippen LogP contribution in [0, 0.1) is 13.8 Å². The van der Waals surface area contributed by atoms with E-state index in [1.165, 1.54) is 16.7 Å². The van der Waals surface area contributed by atoms with Crippen molar-refractivity contribution in [3.8, 4) is 11.1 Å². The highest BCUT2D eigenvalue weighted by Crippen LogP contribution is 2.31. The third-order valence-corrected chi connectivity index (χ3v) is 2.84. The maximum atomic E-state index is 6.22. The van der Waals surface area contributed by atoms with Gasteiger partial charge in [-0.15, -0.1) is 0 Å². The van der Waals surface area contributed by atoms with Gasteiger partial charge in [0, 0.05) is 10.6 Å². The predicted octanol–water partition coefficient (Wildman–Crippen LogP) is 4.62. The number of rotatable bonds is 1. The van der Waals surface area contributed by atoms with Crippen LogP contribution in [0.25, 0.3) is 11.1 Å². The van der Waals surface area contributed by atoms with Crippen LogP contribution < -0.4 is 0 Å². The molecule has 2 rings (SSSR count). The molecule has 0 spiro atoms. The van der Waals surface area contributed by atoms with Crippen LogP contribution in [-0.4, -0.2) is 0 Å². The van der Waals surface area contributed by atoms with E-state index in [0.717, 1.165) is 10.6 Å². The minimum absolute atomic E-state index is 0.820. The van der Waals surface area contributed by atoms with Gasteiger partial charge in [0.1, 0.15) is 0 Å². The molecule has 0 amide bonds. The molecule has 2 aromatic rings. The highest BCUT2D eigenvalue weighted by molar-refractivity contribution is 6.33. The Bertz CT molecular complexity index is 466. The molecule has 15 heavy (non-hydrogen) atoms. The van der Waals surface area contributed by atoms with E-state index >= 15 is 0 Å². The summed E-state index contributed by atoms with van der Waals surface area (Å²) >= 11 is 6.22. The zero-order chi connectivity index (χ0) is 10.8. The molecule has 0 saturated carbocycles. The van der Waals surface area contributed by atoms with E-state index in [2.05, 4.69) is 44.2 Å². The minimum Gasteiger partial charge on any atom is -0.0837 e. The molecular weight excluding hydrogens is 204 g/mol. The fourth-order valence-electron chi connectivity index (χ4n) is 1.80. The third kappa shape index (κ3) is 2.05. The van der Waals surface area contributed by atoms with Gasteiger partial charge >= 0.3 is 0 Å². The van der Waals surface area contributed by atoms with Gasteiger partial charge in [-0.3, -0.25) is 0 Å². The summed E-state index contributed by atoms with van der Waals surface area (Å²) in [5, 5.41) is 0.820. The number of halogens is 1. The van der Waals surface area contributed by atoms with E-state index in [4.69, 9.17) is 11.6 Å². The van der Waals surface area contributed by atoms with Gasteiger partial charge in [-0.05, 0) is 31.0 Å². The maximum Gasteiger partial charge on any atom is 0.0487 e. The van der Waals surface area contributed by atoms with Crippen LogP contribution in [-0.2, 0) is 0 Å². The normalized spacial score (nSPS) is 10.3. The molecule has 0 saturated heterocycles. The van der Waals surface area contributed by atoms with Crippen molar-refractivity contribution in [1.29, 1.82) is 0 Å². The lowest BCUT2D eigenvalue weighted by Crippen LogP contribution is -1.85. The van der Waals surface area contributed by atoms with Gasteiger partial charge in [0.25, 0.3) is 0 Å². The minimum atomic E-state index is 0.820. The van der Waals surface area contributed by atoms with E-state index in [-0.39, 0.29) is 0 Å². The van der Waals surface area contributed by atoms with Crippen molar-refractivity contribution in [2.24, 2.45) is 0 Å². The Morgan fingerprint density at radius 1 is 0.933 bits per heavy atom. The molecule has 0 atom stereocenters. The first-order valence-corrected chi connectivity index (χ1v) is 5.38. The Kier molecular flexibility index (Phi) is 2.79. The molecule has 2 aromatic carbocycles. The molecule has 0 fully saturated rings. The lowest BCUT2D eigenvalue weighted by molar-refractivity contribution is 1.43. The standard InChI is InChI=1S/C14H13Cl/c1-10-5-3-7-12(9-10)14-11(2)6-4-8-13(14)15/h3-9H,1-2H3. The molecule has 0 nitrogen and oxygen atoms in total. The van der Waals surface area contributed by atoms with Crippen molar-refractivity contribution in [3.63, 3.8) is 0 Å². The topological polar surface area (TPSA) is 0 Å². The van der Waals surface area contributed by atoms with E-state index in [9.17, 15) is 0 Å². The zero-order valence-electron chi connectivity index (χ0n) is 8.92. The van der Waals surface area contributed by atoms with Crippen molar-refractivity contribution in [1.82, 2.24) is 0 Å². The second-order valence-corrected chi connectivity index (χ2v) is 4.21. The van der Waals surface area contributed by atoms with Gasteiger partial charge in [-0.1, -0.05) is 53.6 Å². The molecule has 0 aliphatic heterocycles. The zero-order valence-corrected chi connectivity index (χ0v) is 9.68. The van der Waals surface area contributed by atoms with Crippen molar-refractivity contribution >= 4 is 11.6 Å². The SMILES string of the molecule is Cc1cccc(-c2c(C)cccc2Cl)c1. The second kappa shape index (κ2) is 4.08. The molecule has 0 bridgehead atoms. The summed E-state index contributed by atoms with van der Waals surface area (Å²) < 4.78 is 0. The lowest BCUT2D eigenvalue weighted by atomic mass is 9.99. The Morgan fingerprint density at radius 3 is 2.33 bits per heavy atom. The van der Waals surface area contributed by atoms with E-state index in [0.29, 0.717) is 0 Å². The second-order valence-electron chi connectivity index (χ2n) is 3.80. The van der Waals surface area contributed by atoms with E-state index < -0.39 is 0 Å². The Hall–Kier alpha value is -1.27. The molecule has 0 heterocycles. The van der Waals surface area contributed by atoms with Crippen LogP contribution in [0.1, 0.15) is 11.1 Å². The van der Waals surface area contributed by atoms with Crippen molar-refractivity contribution in [2.75, 3.05) is 0 Å². The molecular formula is C14H13Cl. The van der Waals surface area contributed by atoms with Crippen LogP contribution >= 0.6 is 11.6 Å². The summed E-state index contributed by atoms with van der Waals surface area (Å²) in [7, 11) is 0. The molecule has 0 unspecified atom stereocenters. The van der Waals surface area contributed by atoms with Gasteiger partial charge in [-0.25, -0.2) is 0 Å². The van der Waals surface area contributed by atoms with Crippen LogP contribution in [0.5, 0.6) is 0 Å². The van der Waals surface area contributed by atoms with Crippen LogP contribution in [0.15, 0.2) is 42.5 Å². The fraction of sp³-hybridized carbons (Fsp3) is 0.143. The molecule has 0 N–H and O–H groups in total. The summed E-state index contributed by atoms with van der Waals surface area (Å²) in [6, 6.07) is 14.4. The number of hydrogen-bond acceptors (Lipinski definition) is 0. The summed E-state index contributed by atoms with van der Waals surface area (Å²) in [4.78, 5) is 0. The Labute approximate surface area is 95.5 Å². The monoisotopic (exact) mass is 216 g/mol. The van der Waals surface area contributed by atoms with Gasteiger partial charge in [-0.2, -0.15) is 0 Å². The first-order valence-electron chi connectivity index (χ1n) is 5.00. The quantitative estimate of drug-likeness (QED) is 0.652. The predicted molar refractivity (Wildman–Crippen MR) is 66.4 cm³/mol.